The lowest BCUT2D eigenvalue weighted by molar-refractivity contribution is -0.295. The minimum absolute atomic E-state index is 0.141. The zero-order valence-electron chi connectivity index (χ0n) is 9.18. The summed E-state index contributed by atoms with van der Waals surface area (Å²) in [5.74, 6) is -1.62. The van der Waals surface area contributed by atoms with Crippen LogP contribution in [0, 0.1) is 0 Å². The van der Waals surface area contributed by atoms with Crippen LogP contribution in [0.4, 0.5) is 0 Å². The van der Waals surface area contributed by atoms with Gasteiger partial charge in [0, 0.05) is 12.8 Å². The van der Waals surface area contributed by atoms with E-state index in [1.807, 2.05) is 0 Å². The van der Waals surface area contributed by atoms with E-state index in [0.717, 1.165) is 0 Å². The number of carboxylic acids is 2. The third-order valence-electron chi connectivity index (χ3n) is 1.82. The SMILES string of the molecule is O=C(O)CCCCOOCCCCC(=O)O. The van der Waals surface area contributed by atoms with Crippen LogP contribution in [0.2, 0.25) is 0 Å². The third-order valence-corrected chi connectivity index (χ3v) is 1.82. The van der Waals surface area contributed by atoms with E-state index in [0.29, 0.717) is 38.9 Å². The third kappa shape index (κ3) is 12.9. The number of unbranched alkanes of at least 4 members (excludes halogenated alkanes) is 2. The van der Waals surface area contributed by atoms with Crippen molar-refractivity contribution in [3.63, 3.8) is 0 Å². The van der Waals surface area contributed by atoms with Crippen LogP contribution >= 0.6 is 0 Å². The molecule has 0 aromatic heterocycles. The number of carbonyl (C=O) groups is 2. The van der Waals surface area contributed by atoms with Gasteiger partial charge in [-0.15, -0.1) is 0 Å². The van der Waals surface area contributed by atoms with E-state index in [9.17, 15) is 9.59 Å². The quantitative estimate of drug-likeness (QED) is 0.319. The van der Waals surface area contributed by atoms with E-state index in [4.69, 9.17) is 20.0 Å². The molecule has 0 atom stereocenters. The maximum absolute atomic E-state index is 10.1. The molecule has 6 heteroatoms. The van der Waals surface area contributed by atoms with Crippen LogP contribution < -0.4 is 0 Å². The fourth-order valence-electron chi connectivity index (χ4n) is 0.992. The summed E-state index contributed by atoms with van der Waals surface area (Å²) in [4.78, 5) is 29.8. The second kappa shape index (κ2) is 10.4. The van der Waals surface area contributed by atoms with Crippen LogP contribution in [0.25, 0.3) is 0 Å². The molecule has 0 radical (unpaired) electrons. The molecule has 0 amide bonds. The maximum atomic E-state index is 10.1. The highest BCUT2D eigenvalue weighted by Crippen LogP contribution is 1.98. The van der Waals surface area contributed by atoms with Crippen LogP contribution in [-0.2, 0) is 19.4 Å². The lowest BCUT2D eigenvalue weighted by Crippen LogP contribution is -2.01. The van der Waals surface area contributed by atoms with E-state index >= 15 is 0 Å². The predicted molar refractivity (Wildman–Crippen MR) is 54.9 cm³/mol. The van der Waals surface area contributed by atoms with Gasteiger partial charge < -0.3 is 10.2 Å². The first-order valence-electron chi connectivity index (χ1n) is 5.31. The number of hydrogen-bond acceptors (Lipinski definition) is 4. The monoisotopic (exact) mass is 234 g/mol. The van der Waals surface area contributed by atoms with Gasteiger partial charge in [0.05, 0.1) is 13.2 Å². The van der Waals surface area contributed by atoms with Crippen molar-refractivity contribution in [1.29, 1.82) is 0 Å². The average Bonchev–Trinajstić information content (AvgIpc) is 2.20. The molecular formula is C10H18O6. The van der Waals surface area contributed by atoms with E-state index < -0.39 is 11.9 Å². The van der Waals surface area contributed by atoms with Crippen LogP contribution in [-0.4, -0.2) is 35.4 Å². The largest absolute Gasteiger partial charge is 0.481 e. The highest BCUT2D eigenvalue weighted by molar-refractivity contribution is 5.66. The Morgan fingerprint density at radius 1 is 0.750 bits per heavy atom. The molecule has 0 aliphatic rings. The van der Waals surface area contributed by atoms with Gasteiger partial charge in [-0.3, -0.25) is 9.59 Å². The molecule has 0 aliphatic carbocycles. The van der Waals surface area contributed by atoms with Gasteiger partial charge in [-0.2, -0.15) is 0 Å². The average molecular weight is 234 g/mol. The Balaban J connectivity index is 2.98. The predicted octanol–water partition coefficient (Wildman–Crippen LogP) is 1.44. The summed E-state index contributed by atoms with van der Waals surface area (Å²) in [5, 5.41) is 16.7. The molecule has 2 N–H and O–H groups in total. The van der Waals surface area contributed by atoms with Crippen molar-refractivity contribution >= 4 is 11.9 Å². The molecule has 0 fully saturated rings. The molecule has 0 rings (SSSR count). The van der Waals surface area contributed by atoms with E-state index in [2.05, 4.69) is 0 Å². The topological polar surface area (TPSA) is 93.1 Å². The number of hydrogen-bond donors (Lipinski definition) is 2. The van der Waals surface area contributed by atoms with E-state index in [1.165, 1.54) is 0 Å². The van der Waals surface area contributed by atoms with Gasteiger partial charge in [-0.05, 0) is 25.7 Å². The normalized spacial score (nSPS) is 10.2. The summed E-state index contributed by atoms with van der Waals surface area (Å²) in [7, 11) is 0. The molecule has 0 aromatic carbocycles. The Bertz CT molecular complexity index is 181. The lowest BCUT2D eigenvalue weighted by atomic mass is 10.2. The zero-order valence-corrected chi connectivity index (χ0v) is 9.18. The first kappa shape index (κ1) is 14.9. The van der Waals surface area contributed by atoms with Gasteiger partial charge in [-0.25, -0.2) is 9.78 Å². The molecule has 0 saturated heterocycles. The number of aliphatic carboxylic acids is 2. The minimum Gasteiger partial charge on any atom is -0.481 e. The van der Waals surface area contributed by atoms with Gasteiger partial charge in [0.1, 0.15) is 0 Å². The number of rotatable bonds is 11. The Morgan fingerprint density at radius 3 is 1.44 bits per heavy atom. The molecule has 6 nitrogen and oxygen atoms in total. The first-order valence-corrected chi connectivity index (χ1v) is 5.31. The fourth-order valence-corrected chi connectivity index (χ4v) is 0.992. The van der Waals surface area contributed by atoms with Crippen molar-refractivity contribution in [2.75, 3.05) is 13.2 Å². The lowest BCUT2D eigenvalue weighted by Gasteiger charge is -2.02. The summed E-state index contributed by atoms with van der Waals surface area (Å²) in [6.07, 6.45) is 2.70. The van der Waals surface area contributed by atoms with Crippen molar-refractivity contribution in [2.45, 2.75) is 38.5 Å². The minimum atomic E-state index is -0.811. The molecule has 0 aromatic rings. The molecule has 0 aliphatic heterocycles. The van der Waals surface area contributed by atoms with Crippen molar-refractivity contribution in [2.24, 2.45) is 0 Å². The van der Waals surface area contributed by atoms with Gasteiger partial charge in [0.2, 0.25) is 0 Å². The second-order valence-corrected chi connectivity index (χ2v) is 3.35. The Kier molecular flexibility index (Phi) is 9.64. The maximum Gasteiger partial charge on any atom is 0.303 e. The molecule has 0 bridgehead atoms. The highest BCUT2D eigenvalue weighted by Gasteiger charge is 1.98. The Morgan fingerprint density at radius 2 is 1.12 bits per heavy atom. The van der Waals surface area contributed by atoms with Gasteiger partial charge in [0.15, 0.2) is 0 Å². The summed E-state index contributed by atoms with van der Waals surface area (Å²) in [5.41, 5.74) is 0. The van der Waals surface area contributed by atoms with E-state index in [-0.39, 0.29) is 12.8 Å². The summed E-state index contributed by atoms with van der Waals surface area (Å²) in [6.45, 7) is 0.735. The standard InChI is InChI=1S/C10H18O6/c11-9(12)5-1-3-7-15-16-8-4-2-6-10(13)14/h1-8H2,(H,11,12)(H,13,14). The Labute approximate surface area is 94.1 Å². The molecule has 0 saturated carbocycles. The summed E-state index contributed by atoms with van der Waals surface area (Å²) < 4.78 is 0. The van der Waals surface area contributed by atoms with Crippen molar-refractivity contribution in [3.8, 4) is 0 Å². The zero-order chi connectivity index (χ0) is 12.2. The molecule has 94 valence electrons. The Hall–Kier alpha value is -1.14. The molecule has 0 heterocycles. The van der Waals surface area contributed by atoms with E-state index in [1.54, 1.807) is 0 Å². The molecule has 16 heavy (non-hydrogen) atoms. The molecule has 0 spiro atoms. The first-order chi connectivity index (χ1) is 7.63. The summed E-state index contributed by atoms with van der Waals surface area (Å²) >= 11 is 0. The van der Waals surface area contributed by atoms with Gasteiger partial charge in [-0.1, -0.05) is 0 Å². The summed E-state index contributed by atoms with van der Waals surface area (Å²) in [6, 6.07) is 0. The van der Waals surface area contributed by atoms with Crippen LogP contribution in [0.3, 0.4) is 0 Å². The smallest absolute Gasteiger partial charge is 0.303 e. The van der Waals surface area contributed by atoms with Crippen molar-refractivity contribution in [3.05, 3.63) is 0 Å². The van der Waals surface area contributed by atoms with Crippen LogP contribution in [0.1, 0.15) is 38.5 Å². The fraction of sp³-hybridized carbons (Fsp3) is 0.800. The molecule has 0 unspecified atom stereocenters. The van der Waals surface area contributed by atoms with Gasteiger partial charge >= 0.3 is 11.9 Å². The van der Waals surface area contributed by atoms with Crippen molar-refractivity contribution < 1.29 is 29.6 Å². The van der Waals surface area contributed by atoms with Crippen molar-refractivity contribution in [1.82, 2.24) is 0 Å². The van der Waals surface area contributed by atoms with Crippen LogP contribution in [0.15, 0.2) is 0 Å². The molecular weight excluding hydrogens is 216 g/mol. The van der Waals surface area contributed by atoms with Gasteiger partial charge in [0.25, 0.3) is 0 Å². The van der Waals surface area contributed by atoms with Crippen LogP contribution in [0.5, 0.6) is 0 Å². The number of carboxylic acid groups (broad SMARTS) is 2. The second-order valence-electron chi connectivity index (χ2n) is 3.35. The highest BCUT2D eigenvalue weighted by atomic mass is 17.2.